The fraction of sp³-hybridized carbons (Fsp3) is 0.263. The lowest BCUT2D eigenvalue weighted by molar-refractivity contribution is -0.127. The van der Waals surface area contributed by atoms with E-state index in [1.807, 2.05) is 25.1 Å². The van der Waals surface area contributed by atoms with Crippen LogP contribution in [-0.2, 0) is 4.79 Å². The molecule has 0 bridgehead atoms. The zero-order valence-corrected chi connectivity index (χ0v) is 16.4. The first-order chi connectivity index (χ1) is 12.5. The molecule has 138 valence electrons. The number of nitrogens with one attached hydrogen (secondary N) is 1. The molecule has 2 rings (SSSR count). The van der Waals surface area contributed by atoms with Crippen molar-refractivity contribution in [1.29, 1.82) is 0 Å². The number of hydrazone groups is 1. The van der Waals surface area contributed by atoms with E-state index in [4.69, 9.17) is 14.2 Å². The Kier molecular flexibility index (Phi) is 7.47. The van der Waals surface area contributed by atoms with Crippen LogP contribution in [0.1, 0.15) is 19.4 Å². The highest BCUT2D eigenvalue weighted by Gasteiger charge is 2.15. The molecule has 0 aromatic heterocycles. The summed E-state index contributed by atoms with van der Waals surface area (Å²) in [6.45, 7) is 4.07. The molecule has 0 aliphatic rings. The van der Waals surface area contributed by atoms with Gasteiger partial charge in [0, 0.05) is 5.56 Å². The van der Waals surface area contributed by atoms with E-state index in [2.05, 4.69) is 26.5 Å². The van der Waals surface area contributed by atoms with Gasteiger partial charge in [0.15, 0.2) is 6.10 Å². The SMILES string of the molecule is CCOc1ccc(OC)cc1/C=N/NC(=O)C(C)Oc1ccccc1Br. The van der Waals surface area contributed by atoms with Crippen molar-refractivity contribution >= 4 is 28.1 Å². The third kappa shape index (κ3) is 5.49. The molecule has 0 heterocycles. The highest BCUT2D eigenvalue weighted by molar-refractivity contribution is 9.10. The van der Waals surface area contributed by atoms with Crippen molar-refractivity contribution < 1.29 is 19.0 Å². The van der Waals surface area contributed by atoms with Crippen LogP contribution in [0.15, 0.2) is 52.0 Å². The number of nitrogens with zero attached hydrogens (tertiary/aromatic N) is 1. The Hall–Kier alpha value is -2.54. The summed E-state index contributed by atoms with van der Waals surface area (Å²) in [5.41, 5.74) is 3.17. The van der Waals surface area contributed by atoms with Crippen LogP contribution in [0.2, 0.25) is 0 Å². The molecule has 0 fully saturated rings. The number of ether oxygens (including phenoxy) is 3. The second kappa shape index (κ2) is 9.82. The number of hydrogen-bond acceptors (Lipinski definition) is 5. The molecule has 2 aromatic carbocycles. The second-order valence-corrected chi connectivity index (χ2v) is 6.12. The van der Waals surface area contributed by atoms with Gasteiger partial charge in [-0.1, -0.05) is 12.1 Å². The van der Waals surface area contributed by atoms with Gasteiger partial charge in [0.1, 0.15) is 17.2 Å². The Bertz CT molecular complexity index is 780. The van der Waals surface area contributed by atoms with Crippen molar-refractivity contribution in [2.75, 3.05) is 13.7 Å². The summed E-state index contributed by atoms with van der Waals surface area (Å²) in [6.07, 6.45) is 0.804. The maximum Gasteiger partial charge on any atom is 0.280 e. The number of para-hydroxylation sites is 1. The van der Waals surface area contributed by atoms with E-state index in [-0.39, 0.29) is 5.91 Å². The van der Waals surface area contributed by atoms with Crippen LogP contribution in [0.4, 0.5) is 0 Å². The predicted octanol–water partition coefficient (Wildman–Crippen LogP) is 3.77. The molecule has 2 aromatic rings. The number of hydrogen-bond donors (Lipinski definition) is 1. The van der Waals surface area contributed by atoms with Crippen molar-refractivity contribution in [1.82, 2.24) is 5.43 Å². The maximum absolute atomic E-state index is 12.2. The van der Waals surface area contributed by atoms with Crippen LogP contribution < -0.4 is 19.6 Å². The Morgan fingerprint density at radius 1 is 1.27 bits per heavy atom. The van der Waals surface area contributed by atoms with Crippen molar-refractivity contribution in [3.8, 4) is 17.2 Å². The molecular weight excluding hydrogens is 400 g/mol. The van der Waals surface area contributed by atoms with E-state index in [1.165, 1.54) is 6.21 Å². The van der Waals surface area contributed by atoms with Crippen LogP contribution in [0.5, 0.6) is 17.2 Å². The number of carbonyl (C=O) groups excluding carboxylic acids is 1. The molecule has 7 heteroatoms. The molecular formula is C19H21BrN2O4. The first kappa shape index (κ1) is 19.8. The summed E-state index contributed by atoms with van der Waals surface area (Å²) >= 11 is 3.38. The number of rotatable bonds is 8. The van der Waals surface area contributed by atoms with E-state index in [9.17, 15) is 4.79 Å². The molecule has 26 heavy (non-hydrogen) atoms. The largest absolute Gasteiger partial charge is 0.497 e. The molecule has 0 spiro atoms. The standard InChI is InChI=1S/C19H21BrN2O4/c1-4-25-17-10-9-15(24-3)11-14(17)12-21-22-19(23)13(2)26-18-8-6-5-7-16(18)20/h5-13H,4H2,1-3H3,(H,22,23)/b21-12+. The average Bonchev–Trinajstić information content (AvgIpc) is 2.64. The van der Waals surface area contributed by atoms with Crippen LogP contribution in [-0.4, -0.2) is 31.9 Å². The van der Waals surface area contributed by atoms with Crippen molar-refractivity contribution in [3.63, 3.8) is 0 Å². The molecule has 6 nitrogen and oxygen atoms in total. The van der Waals surface area contributed by atoms with Crippen LogP contribution in [0, 0.1) is 0 Å². The first-order valence-electron chi connectivity index (χ1n) is 8.10. The Morgan fingerprint density at radius 3 is 2.73 bits per heavy atom. The minimum Gasteiger partial charge on any atom is -0.497 e. The lowest BCUT2D eigenvalue weighted by Gasteiger charge is -2.14. The van der Waals surface area contributed by atoms with Crippen molar-refractivity contribution in [2.24, 2.45) is 5.10 Å². The summed E-state index contributed by atoms with van der Waals surface area (Å²) in [6, 6.07) is 12.7. The van der Waals surface area contributed by atoms with Gasteiger partial charge in [0.05, 0.1) is 24.4 Å². The third-order valence-corrected chi connectivity index (χ3v) is 4.06. The molecule has 1 amide bonds. The molecule has 1 atom stereocenters. The second-order valence-electron chi connectivity index (χ2n) is 5.26. The first-order valence-corrected chi connectivity index (χ1v) is 8.89. The smallest absolute Gasteiger partial charge is 0.280 e. The molecule has 0 saturated carbocycles. The Labute approximate surface area is 161 Å². The van der Waals surface area contributed by atoms with Crippen molar-refractivity contribution in [3.05, 3.63) is 52.5 Å². The van der Waals surface area contributed by atoms with Gasteiger partial charge in [-0.25, -0.2) is 5.43 Å². The molecule has 0 aliphatic carbocycles. The molecule has 1 unspecified atom stereocenters. The number of benzene rings is 2. The summed E-state index contributed by atoms with van der Waals surface area (Å²) in [5.74, 6) is 1.55. The Morgan fingerprint density at radius 2 is 2.04 bits per heavy atom. The molecule has 1 N–H and O–H groups in total. The Balaban J connectivity index is 2.01. The zero-order chi connectivity index (χ0) is 18.9. The van der Waals surface area contributed by atoms with Gasteiger partial charge in [0.25, 0.3) is 5.91 Å². The monoisotopic (exact) mass is 420 g/mol. The molecule has 0 aliphatic heterocycles. The number of halogens is 1. The van der Waals surface area contributed by atoms with E-state index in [0.717, 1.165) is 4.47 Å². The molecule has 0 radical (unpaired) electrons. The van der Waals surface area contributed by atoms with E-state index in [1.54, 1.807) is 38.3 Å². The normalized spacial score (nSPS) is 11.8. The predicted molar refractivity (Wildman–Crippen MR) is 104 cm³/mol. The highest BCUT2D eigenvalue weighted by Crippen LogP contribution is 2.25. The van der Waals surface area contributed by atoms with Gasteiger partial charge in [0.2, 0.25) is 0 Å². The fourth-order valence-electron chi connectivity index (χ4n) is 2.08. The number of methoxy groups -OCH3 is 1. The minimum atomic E-state index is -0.706. The van der Waals surface area contributed by atoms with Crippen molar-refractivity contribution in [2.45, 2.75) is 20.0 Å². The quantitative estimate of drug-likeness (QED) is 0.521. The average molecular weight is 421 g/mol. The van der Waals surface area contributed by atoms with Gasteiger partial charge in [-0.05, 0) is 60.1 Å². The summed E-state index contributed by atoms with van der Waals surface area (Å²) in [4.78, 5) is 12.2. The third-order valence-electron chi connectivity index (χ3n) is 3.40. The van der Waals surface area contributed by atoms with Gasteiger partial charge < -0.3 is 14.2 Å². The molecule has 0 saturated heterocycles. The fourth-order valence-corrected chi connectivity index (χ4v) is 2.46. The van der Waals surface area contributed by atoms with Gasteiger partial charge in [-0.2, -0.15) is 5.10 Å². The van der Waals surface area contributed by atoms with E-state index in [0.29, 0.717) is 29.4 Å². The van der Waals surface area contributed by atoms with Gasteiger partial charge in [-0.3, -0.25) is 4.79 Å². The highest BCUT2D eigenvalue weighted by atomic mass is 79.9. The minimum absolute atomic E-state index is 0.363. The van der Waals surface area contributed by atoms with Crippen LogP contribution >= 0.6 is 15.9 Å². The number of carbonyl (C=O) groups is 1. The van der Waals surface area contributed by atoms with Crippen LogP contribution in [0.25, 0.3) is 0 Å². The number of amides is 1. The summed E-state index contributed by atoms with van der Waals surface area (Å²) < 4.78 is 17.2. The topological polar surface area (TPSA) is 69.2 Å². The van der Waals surface area contributed by atoms with Gasteiger partial charge in [-0.15, -0.1) is 0 Å². The maximum atomic E-state index is 12.2. The summed E-state index contributed by atoms with van der Waals surface area (Å²) in [7, 11) is 1.58. The zero-order valence-electron chi connectivity index (χ0n) is 14.9. The lowest BCUT2D eigenvalue weighted by Crippen LogP contribution is -2.33. The van der Waals surface area contributed by atoms with E-state index < -0.39 is 6.10 Å². The summed E-state index contributed by atoms with van der Waals surface area (Å²) in [5, 5.41) is 3.99. The van der Waals surface area contributed by atoms with Crippen LogP contribution in [0.3, 0.4) is 0 Å². The van der Waals surface area contributed by atoms with Gasteiger partial charge >= 0.3 is 0 Å². The lowest BCUT2D eigenvalue weighted by atomic mass is 10.2. The van der Waals surface area contributed by atoms with E-state index >= 15 is 0 Å².